The molecule has 1 heterocycles. The lowest BCUT2D eigenvalue weighted by molar-refractivity contribution is 0.368. The third-order valence-corrected chi connectivity index (χ3v) is 4.42. The molecule has 0 unspecified atom stereocenters. The second-order valence-corrected chi connectivity index (χ2v) is 6.21. The Morgan fingerprint density at radius 1 is 1.16 bits per heavy atom. The van der Waals surface area contributed by atoms with Crippen LogP contribution < -0.4 is 10.6 Å². The smallest absolute Gasteiger partial charge is 0.191 e. The molecule has 2 N–H and O–H groups in total. The van der Waals surface area contributed by atoms with Crippen molar-refractivity contribution in [3.05, 3.63) is 52.9 Å². The standard InChI is InChI=1S/C20H30N4O/c1-5-16(6-2)19-12-18(25-24-19)14-23-20(21-7-3)22-13-17-11-9-8-10-15(17)4/h8-12,16H,5-7,13-14H2,1-4H3,(H2,21,22,23). The van der Waals surface area contributed by atoms with Crippen LogP contribution in [-0.4, -0.2) is 17.7 Å². The maximum absolute atomic E-state index is 5.46. The summed E-state index contributed by atoms with van der Waals surface area (Å²) in [7, 11) is 0. The molecule has 0 saturated carbocycles. The number of guanidine groups is 1. The van der Waals surface area contributed by atoms with E-state index in [1.807, 2.05) is 12.1 Å². The second kappa shape index (κ2) is 9.87. The van der Waals surface area contributed by atoms with Crippen LogP contribution in [0, 0.1) is 6.92 Å². The van der Waals surface area contributed by atoms with Gasteiger partial charge in [0.1, 0.15) is 0 Å². The molecule has 0 atom stereocenters. The van der Waals surface area contributed by atoms with Crippen molar-refractivity contribution in [2.24, 2.45) is 4.99 Å². The van der Waals surface area contributed by atoms with Gasteiger partial charge >= 0.3 is 0 Å². The number of hydrogen-bond donors (Lipinski definition) is 2. The SMILES string of the molecule is CCNC(=NCc1ccccc1C)NCc1cc(C(CC)CC)no1. The van der Waals surface area contributed by atoms with Crippen molar-refractivity contribution in [1.29, 1.82) is 0 Å². The van der Waals surface area contributed by atoms with Gasteiger partial charge in [-0.25, -0.2) is 4.99 Å². The van der Waals surface area contributed by atoms with E-state index in [1.54, 1.807) is 0 Å². The lowest BCUT2D eigenvalue weighted by atomic mass is 9.99. The van der Waals surface area contributed by atoms with Crippen molar-refractivity contribution in [3.63, 3.8) is 0 Å². The highest BCUT2D eigenvalue weighted by Gasteiger charge is 2.13. The van der Waals surface area contributed by atoms with Crippen molar-refractivity contribution in [1.82, 2.24) is 15.8 Å². The summed E-state index contributed by atoms with van der Waals surface area (Å²) in [5.74, 6) is 2.09. The van der Waals surface area contributed by atoms with Crippen molar-refractivity contribution >= 4 is 5.96 Å². The van der Waals surface area contributed by atoms with E-state index in [0.717, 1.165) is 36.8 Å². The monoisotopic (exact) mass is 342 g/mol. The number of aryl methyl sites for hydroxylation is 1. The summed E-state index contributed by atoms with van der Waals surface area (Å²) < 4.78 is 5.46. The lowest BCUT2D eigenvalue weighted by Gasteiger charge is -2.10. The van der Waals surface area contributed by atoms with Gasteiger partial charge in [0, 0.05) is 18.5 Å². The van der Waals surface area contributed by atoms with Crippen molar-refractivity contribution in [3.8, 4) is 0 Å². The first-order valence-corrected chi connectivity index (χ1v) is 9.20. The van der Waals surface area contributed by atoms with E-state index < -0.39 is 0 Å². The lowest BCUT2D eigenvalue weighted by Crippen LogP contribution is -2.36. The maximum atomic E-state index is 5.46. The van der Waals surface area contributed by atoms with Crippen molar-refractivity contribution in [2.75, 3.05) is 6.54 Å². The fraction of sp³-hybridized carbons (Fsp3) is 0.500. The summed E-state index contributed by atoms with van der Waals surface area (Å²) in [6, 6.07) is 10.4. The molecule has 0 aliphatic carbocycles. The van der Waals surface area contributed by atoms with Crippen LogP contribution in [0.5, 0.6) is 0 Å². The molecule has 5 nitrogen and oxygen atoms in total. The first-order chi connectivity index (χ1) is 12.2. The molecule has 0 spiro atoms. The van der Waals surface area contributed by atoms with E-state index in [0.29, 0.717) is 19.0 Å². The van der Waals surface area contributed by atoms with E-state index in [1.165, 1.54) is 11.1 Å². The Bertz CT molecular complexity index is 674. The average molecular weight is 342 g/mol. The average Bonchev–Trinajstić information content (AvgIpc) is 3.08. The molecule has 0 amide bonds. The molecule has 0 aliphatic rings. The number of hydrogen-bond acceptors (Lipinski definition) is 3. The molecule has 0 aliphatic heterocycles. The summed E-state index contributed by atoms with van der Waals surface area (Å²) >= 11 is 0. The Labute approximate surface area is 150 Å². The van der Waals surface area contributed by atoms with Gasteiger partial charge in [-0.1, -0.05) is 43.3 Å². The molecule has 0 bridgehead atoms. The number of benzene rings is 1. The van der Waals surface area contributed by atoms with E-state index >= 15 is 0 Å². The molecule has 2 aromatic rings. The summed E-state index contributed by atoms with van der Waals surface area (Å²) in [6.07, 6.45) is 2.16. The molecule has 2 rings (SSSR count). The van der Waals surface area contributed by atoms with Crippen LogP contribution in [-0.2, 0) is 13.1 Å². The molecule has 1 aromatic carbocycles. The zero-order chi connectivity index (χ0) is 18.1. The highest BCUT2D eigenvalue weighted by atomic mass is 16.5. The van der Waals surface area contributed by atoms with Gasteiger partial charge < -0.3 is 15.2 Å². The van der Waals surface area contributed by atoms with Gasteiger partial charge in [0.25, 0.3) is 0 Å². The minimum Gasteiger partial charge on any atom is -0.359 e. The molecule has 1 aromatic heterocycles. The second-order valence-electron chi connectivity index (χ2n) is 6.21. The third-order valence-electron chi connectivity index (χ3n) is 4.42. The fourth-order valence-corrected chi connectivity index (χ4v) is 2.78. The highest BCUT2D eigenvalue weighted by molar-refractivity contribution is 5.79. The van der Waals surface area contributed by atoms with E-state index in [4.69, 9.17) is 4.52 Å². The Morgan fingerprint density at radius 2 is 1.92 bits per heavy atom. The molecule has 5 heteroatoms. The number of aliphatic imine (C=N–C) groups is 1. The van der Waals surface area contributed by atoms with Crippen molar-refractivity contribution in [2.45, 2.75) is 59.5 Å². The molecule has 136 valence electrons. The highest BCUT2D eigenvalue weighted by Crippen LogP contribution is 2.22. The van der Waals surface area contributed by atoms with Crippen LogP contribution in [0.25, 0.3) is 0 Å². The minimum absolute atomic E-state index is 0.473. The third kappa shape index (κ3) is 5.62. The predicted molar refractivity (Wildman–Crippen MR) is 103 cm³/mol. The van der Waals surface area contributed by atoms with Gasteiger partial charge in [0.05, 0.1) is 18.8 Å². The summed E-state index contributed by atoms with van der Waals surface area (Å²) in [5.41, 5.74) is 3.53. The number of rotatable bonds is 8. The molecular formula is C20H30N4O. The van der Waals surface area contributed by atoms with Crippen LogP contribution >= 0.6 is 0 Å². The van der Waals surface area contributed by atoms with Crippen LogP contribution in [0.4, 0.5) is 0 Å². The van der Waals surface area contributed by atoms with Crippen LogP contribution in [0.2, 0.25) is 0 Å². The Kier molecular flexibility index (Phi) is 7.51. The van der Waals surface area contributed by atoms with Crippen LogP contribution in [0.15, 0.2) is 39.8 Å². The Balaban J connectivity index is 1.97. The summed E-state index contributed by atoms with van der Waals surface area (Å²) in [5, 5.41) is 10.8. The van der Waals surface area contributed by atoms with Gasteiger partial charge in [0.2, 0.25) is 0 Å². The van der Waals surface area contributed by atoms with Gasteiger partial charge in [-0.15, -0.1) is 0 Å². The Hall–Kier alpha value is -2.30. The van der Waals surface area contributed by atoms with E-state index in [2.05, 4.69) is 66.7 Å². The normalized spacial score (nSPS) is 11.8. The van der Waals surface area contributed by atoms with Gasteiger partial charge in [-0.05, 0) is 37.8 Å². The molecule has 0 fully saturated rings. The van der Waals surface area contributed by atoms with Crippen LogP contribution in [0.3, 0.4) is 0 Å². The molecular weight excluding hydrogens is 312 g/mol. The van der Waals surface area contributed by atoms with E-state index in [-0.39, 0.29) is 0 Å². The van der Waals surface area contributed by atoms with Gasteiger partial charge in [-0.2, -0.15) is 0 Å². The Morgan fingerprint density at radius 3 is 2.60 bits per heavy atom. The zero-order valence-electron chi connectivity index (χ0n) is 15.8. The fourth-order valence-electron chi connectivity index (χ4n) is 2.78. The summed E-state index contributed by atoms with van der Waals surface area (Å²) in [4.78, 5) is 4.67. The molecule has 0 radical (unpaired) electrons. The first kappa shape index (κ1) is 19.0. The first-order valence-electron chi connectivity index (χ1n) is 9.20. The number of aromatic nitrogens is 1. The number of nitrogens with zero attached hydrogens (tertiary/aromatic N) is 2. The van der Waals surface area contributed by atoms with E-state index in [9.17, 15) is 0 Å². The summed E-state index contributed by atoms with van der Waals surface area (Å²) in [6.45, 7) is 10.6. The number of nitrogens with one attached hydrogen (secondary N) is 2. The largest absolute Gasteiger partial charge is 0.359 e. The quantitative estimate of drug-likeness (QED) is 0.559. The molecule has 0 saturated heterocycles. The van der Waals surface area contributed by atoms with Crippen molar-refractivity contribution < 1.29 is 4.52 Å². The minimum atomic E-state index is 0.473. The van der Waals surface area contributed by atoms with Gasteiger partial charge in [-0.3, -0.25) is 0 Å². The van der Waals surface area contributed by atoms with Gasteiger partial charge in [0.15, 0.2) is 11.7 Å². The predicted octanol–water partition coefficient (Wildman–Crippen LogP) is 4.14. The maximum Gasteiger partial charge on any atom is 0.191 e. The zero-order valence-corrected chi connectivity index (χ0v) is 15.8. The topological polar surface area (TPSA) is 62.5 Å². The molecule has 25 heavy (non-hydrogen) atoms. The van der Waals surface area contributed by atoms with Crippen LogP contribution in [0.1, 0.15) is 62.1 Å².